The summed E-state index contributed by atoms with van der Waals surface area (Å²) in [6, 6.07) is 1.96. The normalized spacial score (nSPS) is 21.8. The Kier molecular flexibility index (Phi) is 3.75. The van der Waals surface area contributed by atoms with Crippen molar-refractivity contribution in [2.75, 3.05) is 19.8 Å². The Bertz CT molecular complexity index is 293. The van der Waals surface area contributed by atoms with E-state index in [4.69, 9.17) is 9.26 Å². The second-order valence-corrected chi connectivity index (χ2v) is 4.15. The van der Waals surface area contributed by atoms with Crippen LogP contribution in [0.15, 0.2) is 10.6 Å². The molecule has 1 atom stereocenters. The van der Waals surface area contributed by atoms with E-state index in [9.17, 15) is 0 Å². The minimum atomic E-state index is 0.655. The maximum atomic E-state index is 5.41. The van der Waals surface area contributed by atoms with Crippen LogP contribution in [0.2, 0.25) is 0 Å². The second kappa shape index (κ2) is 5.28. The molecule has 1 aliphatic rings. The van der Waals surface area contributed by atoms with Crippen molar-refractivity contribution < 1.29 is 9.26 Å². The lowest BCUT2D eigenvalue weighted by Crippen LogP contribution is -2.28. The van der Waals surface area contributed by atoms with E-state index in [1.165, 1.54) is 12.8 Å². The monoisotopic (exact) mass is 210 g/mol. The van der Waals surface area contributed by atoms with Gasteiger partial charge < -0.3 is 14.6 Å². The Labute approximate surface area is 90.0 Å². The highest BCUT2D eigenvalue weighted by molar-refractivity contribution is 5.02. The Hall–Kier alpha value is -0.870. The molecule has 2 rings (SSSR count). The Morgan fingerprint density at radius 1 is 1.60 bits per heavy atom. The molecule has 1 saturated heterocycles. The zero-order valence-electron chi connectivity index (χ0n) is 9.16. The highest BCUT2D eigenvalue weighted by atomic mass is 16.5. The molecule has 1 unspecified atom stereocenters. The SMILES string of the molecule is Cc1cc(CNCC2CCCOC2)on1. The number of aryl methyl sites for hydroxylation is 1. The van der Waals surface area contributed by atoms with Crippen molar-refractivity contribution in [3.8, 4) is 0 Å². The molecular weight excluding hydrogens is 192 g/mol. The van der Waals surface area contributed by atoms with Gasteiger partial charge in [-0.25, -0.2) is 0 Å². The van der Waals surface area contributed by atoms with Gasteiger partial charge in [0.05, 0.1) is 18.8 Å². The van der Waals surface area contributed by atoms with Gasteiger partial charge in [-0.15, -0.1) is 0 Å². The number of rotatable bonds is 4. The lowest BCUT2D eigenvalue weighted by Gasteiger charge is -2.21. The van der Waals surface area contributed by atoms with Crippen LogP contribution in [0, 0.1) is 12.8 Å². The van der Waals surface area contributed by atoms with Crippen molar-refractivity contribution in [3.05, 3.63) is 17.5 Å². The van der Waals surface area contributed by atoms with E-state index in [0.717, 1.165) is 37.8 Å². The third kappa shape index (κ3) is 3.32. The van der Waals surface area contributed by atoms with Gasteiger partial charge in [-0.3, -0.25) is 0 Å². The molecule has 0 amide bonds. The maximum absolute atomic E-state index is 5.41. The molecule has 4 heteroatoms. The van der Waals surface area contributed by atoms with E-state index in [-0.39, 0.29) is 0 Å². The molecule has 0 aromatic carbocycles. The summed E-state index contributed by atoms with van der Waals surface area (Å²) in [7, 11) is 0. The van der Waals surface area contributed by atoms with Crippen LogP contribution in [0.3, 0.4) is 0 Å². The average molecular weight is 210 g/mol. The van der Waals surface area contributed by atoms with Crippen molar-refractivity contribution in [1.82, 2.24) is 10.5 Å². The van der Waals surface area contributed by atoms with Crippen LogP contribution in [0.1, 0.15) is 24.3 Å². The fraction of sp³-hybridized carbons (Fsp3) is 0.727. The van der Waals surface area contributed by atoms with E-state index in [1.807, 2.05) is 13.0 Å². The van der Waals surface area contributed by atoms with E-state index in [2.05, 4.69) is 10.5 Å². The predicted molar refractivity (Wildman–Crippen MR) is 56.5 cm³/mol. The van der Waals surface area contributed by atoms with E-state index in [0.29, 0.717) is 5.92 Å². The molecule has 1 aliphatic heterocycles. The fourth-order valence-corrected chi connectivity index (χ4v) is 1.87. The number of nitrogens with zero attached hydrogens (tertiary/aromatic N) is 1. The minimum absolute atomic E-state index is 0.655. The van der Waals surface area contributed by atoms with Crippen LogP contribution < -0.4 is 5.32 Å². The van der Waals surface area contributed by atoms with Gasteiger partial charge in [-0.2, -0.15) is 0 Å². The van der Waals surface area contributed by atoms with Gasteiger partial charge in [0.25, 0.3) is 0 Å². The molecule has 1 fully saturated rings. The smallest absolute Gasteiger partial charge is 0.150 e. The maximum Gasteiger partial charge on any atom is 0.150 e. The summed E-state index contributed by atoms with van der Waals surface area (Å²) < 4.78 is 10.5. The Morgan fingerprint density at radius 2 is 2.53 bits per heavy atom. The Morgan fingerprint density at radius 3 is 3.20 bits per heavy atom. The summed E-state index contributed by atoms with van der Waals surface area (Å²) in [5, 5.41) is 7.21. The molecule has 0 saturated carbocycles. The minimum Gasteiger partial charge on any atom is -0.381 e. The summed E-state index contributed by atoms with van der Waals surface area (Å²) in [6.45, 7) is 5.51. The largest absolute Gasteiger partial charge is 0.381 e. The van der Waals surface area contributed by atoms with Crippen molar-refractivity contribution in [1.29, 1.82) is 0 Å². The third-order valence-corrected chi connectivity index (χ3v) is 2.66. The van der Waals surface area contributed by atoms with Crippen LogP contribution in [0.25, 0.3) is 0 Å². The second-order valence-electron chi connectivity index (χ2n) is 4.15. The molecular formula is C11H18N2O2. The molecule has 0 bridgehead atoms. The predicted octanol–water partition coefficient (Wildman–Crippen LogP) is 1.50. The molecule has 84 valence electrons. The third-order valence-electron chi connectivity index (χ3n) is 2.66. The number of nitrogens with one attached hydrogen (secondary N) is 1. The molecule has 0 radical (unpaired) electrons. The lowest BCUT2D eigenvalue weighted by molar-refractivity contribution is 0.0545. The first-order valence-corrected chi connectivity index (χ1v) is 5.55. The summed E-state index contributed by atoms with van der Waals surface area (Å²) >= 11 is 0. The first kappa shape index (κ1) is 10.6. The van der Waals surface area contributed by atoms with Gasteiger partial charge in [0.2, 0.25) is 0 Å². The zero-order valence-corrected chi connectivity index (χ0v) is 9.16. The number of hydrogen-bond donors (Lipinski definition) is 1. The number of aromatic nitrogens is 1. The van der Waals surface area contributed by atoms with E-state index < -0.39 is 0 Å². The van der Waals surface area contributed by atoms with Crippen LogP contribution in [0.4, 0.5) is 0 Å². The van der Waals surface area contributed by atoms with Gasteiger partial charge in [-0.1, -0.05) is 5.16 Å². The summed E-state index contributed by atoms with van der Waals surface area (Å²) in [6.07, 6.45) is 2.45. The van der Waals surface area contributed by atoms with Gasteiger partial charge >= 0.3 is 0 Å². The highest BCUT2D eigenvalue weighted by Crippen LogP contribution is 2.12. The van der Waals surface area contributed by atoms with E-state index in [1.54, 1.807) is 0 Å². The van der Waals surface area contributed by atoms with Crippen LogP contribution >= 0.6 is 0 Å². The van der Waals surface area contributed by atoms with Crippen LogP contribution in [0.5, 0.6) is 0 Å². The van der Waals surface area contributed by atoms with Gasteiger partial charge in [0, 0.05) is 19.2 Å². The zero-order chi connectivity index (χ0) is 10.5. The quantitative estimate of drug-likeness (QED) is 0.818. The highest BCUT2D eigenvalue weighted by Gasteiger charge is 2.13. The molecule has 2 heterocycles. The topological polar surface area (TPSA) is 47.3 Å². The summed E-state index contributed by atoms with van der Waals surface area (Å²) in [4.78, 5) is 0. The summed E-state index contributed by atoms with van der Waals surface area (Å²) in [5.41, 5.74) is 0.938. The molecule has 4 nitrogen and oxygen atoms in total. The molecule has 1 aromatic rings. The Balaban J connectivity index is 1.65. The average Bonchev–Trinajstić information content (AvgIpc) is 2.66. The summed E-state index contributed by atoms with van der Waals surface area (Å²) in [5.74, 6) is 1.56. The number of hydrogen-bond acceptors (Lipinski definition) is 4. The van der Waals surface area contributed by atoms with Crippen LogP contribution in [-0.2, 0) is 11.3 Å². The van der Waals surface area contributed by atoms with Crippen molar-refractivity contribution in [2.45, 2.75) is 26.3 Å². The standard InChI is InChI=1S/C11H18N2O2/c1-9-5-11(15-13-9)7-12-6-10-3-2-4-14-8-10/h5,10,12H,2-4,6-8H2,1H3. The molecule has 1 N–H and O–H groups in total. The first-order chi connectivity index (χ1) is 7.34. The van der Waals surface area contributed by atoms with Gasteiger partial charge in [0.15, 0.2) is 5.76 Å². The van der Waals surface area contributed by atoms with Crippen molar-refractivity contribution in [3.63, 3.8) is 0 Å². The van der Waals surface area contributed by atoms with Crippen molar-refractivity contribution >= 4 is 0 Å². The number of ether oxygens (including phenoxy) is 1. The van der Waals surface area contributed by atoms with Crippen LogP contribution in [-0.4, -0.2) is 24.9 Å². The molecule has 15 heavy (non-hydrogen) atoms. The lowest BCUT2D eigenvalue weighted by atomic mass is 10.0. The molecule has 1 aromatic heterocycles. The molecule has 0 aliphatic carbocycles. The van der Waals surface area contributed by atoms with Gasteiger partial charge in [0.1, 0.15) is 0 Å². The molecule has 0 spiro atoms. The fourth-order valence-electron chi connectivity index (χ4n) is 1.87. The van der Waals surface area contributed by atoms with Gasteiger partial charge in [-0.05, 0) is 25.7 Å². The van der Waals surface area contributed by atoms with Crippen molar-refractivity contribution in [2.24, 2.45) is 5.92 Å². The first-order valence-electron chi connectivity index (χ1n) is 5.55. The van der Waals surface area contributed by atoms with E-state index >= 15 is 0 Å².